The molecule has 12 heteroatoms. The lowest BCUT2D eigenvalue weighted by Crippen LogP contribution is -2.55. The normalized spacial score (nSPS) is 14.5. The number of aliphatic hydroxyl groups is 1. The molecule has 1 aliphatic rings. The maximum atomic E-state index is 12.1. The van der Waals surface area contributed by atoms with Gasteiger partial charge in [-0.25, -0.2) is 9.80 Å². The van der Waals surface area contributed by atoms with Gasteiger partial charge in [0, 0.05) is 6.54 Å². The summed E-state index contributed by atoms with van der Waals surface area (Å²) in [5.41, 5.74) is 1.78. The zero-order chi connectivity index (χ0) is 19.4. The number of aliphatic hydroxyl groups excluding tert-OH is 1. The van der Waals surface area contributed by atoms with Crippen molar-refractivity contribution >= 4 is 35.2 Å². The lowest BCUT2D eigenvalue weighted by Gasteiger charge is -2.20. The highest BCUT2D eigenvalue weighted by atomic mass is 35.5. The van der Waals surface area contributed by atoms with Crippen LogP contribution >= 0.6 is 11.6 Å². The second-order valence-electron chi connectivity index (χ2n) is 5.19. The summed E-state index contributed by atoms with van der Waals surface area (Å²) >= 11 is 5.71. The molecule has 0 radical (unpaired) electrons. The van der Waals surface area contributed by atoms with Crippen molar-refractivity contribution in [3.05, 3.63) is 22.7 Å². The number of hydrogen-bond acceptors (Lipinski definition) is 7. The highest BCUT2D eigenvalue weighted by Gasteiger charge is 2.29. The summed E-state index contributed by atoms with van der Waals surface area (Å²) in [6.07, 6.45) is 0. The first-order valence-electron chi connectivity index (χ1n) is 7.28. The van der Waals surface area contributed by atoms with Gasteiger partial charge in [-0.15, -0.1) is 0 Å². The number of phenolic OH excluding ortho intramolecular Hbond substituents is 2. The Bertz CT molecular complexity index is 770. The smallest absolute Gasteiger partial charge is 0.336 e. The molecule has 1 unspecified atom stereocenters. The minimum absolute atomic E-state index is 0.192. The lowest BCUT2D eigenvalue weighted by atomic mass is 10.1. The number of amides is 4. The quantitative estimate of drug-likeness (QED) is 0.196. The van der Waals surface area contributed by atoms with Crippen LogP contribution in [-0.2, 0) is 9.59 Å². The van der Waals surface area contributed by atoms with Crippen molar-refractivity contribution in [1.29, 1.82) is 0 Å². The molecule has 1 saturated heterocycles. The van der Waals surface area contributed by atoms with Crippen LogP contribution < -0.4 is 16.1 Å². The summed E-state index contributed by atoms with van der Waals surface area (Å²) in [6.45, 7) is -0.330. The van der Waals surface area contributed by atoms with Gasteiger partial charge in [0.2, 0.25) is 0 Å². The topological polar surface area (TPSA) is 168 Å². The van der Waals surface area contributed by atoms with Gasteiger partial charge < -0.3 is 26.0 Å². The Labute approximate surface area is 151 Å². The third kappa shape index (κ3) is 3.95. The van der Waals surface area contributed by atoms with Crippen molar-refractivity contribution in [3.63, 3.8) is 0 Å². The predicted molar refractivity (Wildman–Crippen MR) is 86.4 cm³/mol. The van der Waals surface area contributed by atoms with E-state index >= 15 is 0 Å². The summed E-state index contributed by atoms with van der Waals surface area (Å²) in [5, 5.41) is 32.9. The molecule has 11 nitrogen and oxygen atoms in total. The maximum absolute atomic E-state index is 12.1. The molecule has 26 heavy (non-hydrogen) atoms. The molecule has 0 saturated carbocycles. The van der Waals surface area contributed by atoms with Crippen LogP contribution in [0, 0.1) is 0 Å². The van der Waals surface area contributed by atoms with Crippen molar-refractivity contribution in [2.24, 2.45) is 0 Å². The van der Waals surface area contributed by atoms with Gasteiger partial charge >= 0.3 is 6.03 Å². The van der Waals surface area contributed by atoms with E-state index in [-0.39, 0.29) is 6.54 Å². The average molecular weight is 387 g/mol. The number of phenols is 2. The van der Waals surface area contributed by atoms with E-state index in [1.807, 2.05) is 5.32 Å². The SMILES string of the molecule is O=C(NC(CO)C(=O)NN1CCNC1=O)C(=O)c1ccc(O)c(O)c1Cl. The molecule has 1 heterocycles. The number of benzene rings is 1. The van der Waals surface area contributed by atoms with Crippen LogP contribution in [0.5, 0.6) is 11.5 Å². The van der Waals surface area contributed by atoms with Gasteiger partial charge in [0.1, 0.15) is 6.04 Å². The number of aromatic hydroxyl groups is 2. The van der Waals surface area contributed by atoms with E-state index in [2.05, 4.69) is 10.7 Å². The lowest BCUT2D eigenvalue weighted by molar-refractivity contribution is -0.130. The second-order valence-corrected chi connectivity index (χ2v) is 5.57. The van der Waals surface area contributed by atoms with Crippen LogP contribution in [0.1, 0.15) is 10.4 Å². The van der Waals surface area contributed by atoms with Crippen molar-refractivity contribution in [1.82, 2.24) is 21.1 Å². The first kappa shape index (κ1) is 19.3. The average Bonchev–Trinajstić information content (AvgIpc) is 3.01. The molecule has 2 rings (SSSR count). The highest BCUT2D eigenvalue weighted by molar-refractivity contribution is 6.47. The first-order chi connectivity index (χ1) is 12.3. The number of ketones is 1. The Morgan fingerprint density at radius 1 is 1.31 bits per heavy atom. The number of urea groups is 1. The third-order valence-corrected chi connectivity index (χ3v) is 3.83. The van der Waals surface area contributed by atoms with Crippen LogP contribution in [0.25, 0.3) is 0 Å². The van der Waals surface area contributed by atoms with Gasteiger partial charge in [-0.1, -0.05) is 11.6 Å². The van der Waals surface area contributed by atoms with Gasteiger partial charge in [0.05, 0.1) is 23.7 Å². The Hall–Kier alpha value is -3.05. The molecule has 140 valence electrons. The van der Waals surface area contributed by atoms with E-state index in [9.17, 15) is 34.5 Å². The molecule has 0 bridgehead atoms. The fourth-order valence-electron chi connectivity index (χ4n) is 2.06. The van der Waals surface area contributed by atoms with E-state index in [4.69, 9.17) is 11.6 Å². The molecule has 4 amide bonds. The van der Waals surface area contributed by atoms with Gasteiger partial charge in [-0.2, -0.15) is 0 Å². The Kier molecular flexibility index (Phi) is 5.85. The van der Waals surface area contributed by atoms with E-state index in [0.717, 1.165) is 17.1 Å². The summed E-state index contributed by atoms with van der Waals surface area (Å²) in [4.78, 5) is 47.5. The zero-order valence-electron chi connectivity index (χ0n) is 13.2. The summed E-state index contributed by atoms with van der Waals surface area (Å²) < 4.78 is 0. The number of hydrazine groups is 1. The molecule has 1 aliphatic heterocycles. The molecular weight excluding hydrogens is 372 g/mol. The monoisotopic (exact) mass is 386 g/mol. The Morgan fingerprint density at radius 3 is 2.58 bits per heavy atom. The third-order valence-electron chi connectivity index (χ3n) is 3.45. The fraction of sp³-hybridized carbons (Fsp3) is 0.286. The minimum Gasteiger partial charge on any atom is -0.504 e. The molecule has 1 aromatic rings. The molecule has 6 N–H and O–H groups in total. The van der Waals surface area contributed by atoms with Crippen LogP contribution in [0.2, 0.25) is 5.02 Å². The zero-order valence-corrected chi connectivity index (χ0v) is 13.9. The molecule has 0 aromatic heterocycles. The molecular formula is C14H15ClN4O7. The van der Waals surface area contributed by atoms with Crippen LogP contribution in [0.15, 0.2) is 12.1 Å². The number of nitrogens with one attached hydrogen (secondary N) is 3. The van der Waals surface area contributed by atoms with Crippen LogP contribution in [0.3, 0.4) is 0 Å². The highest BCUT2D eigenvalue weighted by Crippen LogP contribution is 2.35. The Balaban J connectivity index is 2.06. The minimum atomic E-state index is -1.51. The van der Waals surface area contributed by atoms with Crippen molar-refractivity contribution < 1.29 is 34.5 Å². The van der Waals surface area contributed by atoms with E-state index < -0.39 is 58.4 Å². The number of hydrogen-bond donors (Lipinski definition) is 6. The molecule has 1 fully saturated rings. The number of halogens is 1. The van der Waals surface area contributed by atoms with E-state index in [1.54, 1.807) is 0 Å². The fourth-order valence-corrected chi connectivity index (χ4v) is 2.30. The van der Waals surface area contributed by atoms with Gasteiger partial charge in [-0.3, -0.25) is 19.8 Å². The summed E-state index contributed by atoms with van der Waals surface area (Å²) in [5.74, 6) is -4.75. The molecule has 0 aliphatic carbocycles. The van der Waals surface area contributed by atoms with Gasteiger partial charge in [0.25, 0.3) is 17.6 Å². The molecule has 1 aromatic carbocycles. The number of Topliss-reactive ketones (excluding diaryl/α,β-unsaturated/α-hetero) is 1. The largest absolute Gasteiger partial charge is 0.504 e. The summed E-state index contributed by atoms with van der Waals surface area (Å²) in [7, 11) is 0. The van der Waals surface area contributed by atoms with E-state index in [1.165, 1.54) is 0 Å². The predicted octanol–water partition coefficient (Wildman–Crippen LogP) is -1.53. The second kappa shape index (κ2) is 7.89. The van der Waals surface area contributed by atoms with Crippen LogP contribution in [0.4, 0.5) is 4.79 Å². The van der Waals surface area contributed by atoms with E-state index in [0.29, 0.717) is 6.54 Å². The standard InChI is InChI=1S/C14H15ClN4O7/c15-9-6(1-2-8(21)11(9)23)10(22)13(25)17-7(5-20)12(24)18-19-4-3-16-14(19)26/h1-2,7,20-21,23H,3-5H2,(H,16,26)(H,17,25)(H,18,24). The maximum Gasteiger partial charge on any atom is 0.336 e. The van der Waals surface area contributed by atoms with Crippen molar-refractivity contribution in [2.75, 3.05) is 19.7 Å². The first-order valence-corrected chi connectivity index (χ1v) is 7.66. The van der Waals surface area contributed by atoms with Crippen molar-refractivity contribution in [2.45, 2.75) is 6.04 Å². The molecule has 1 atom stereocenters. The van der Waals surface area contributed by atoms with Gasteiger partial charge in [-0.05, 0) is 12.1 Å². The summed E-state index contributed by atoms with van der Waals surface area (Å²) in [6, 6.07) is -0.0839. The van der Waals surface area contributed by atoms with Gasteiger partial charge in [0.15, 0.2) is 11.5 Å². The number of rotatable bonds is 6. The Morgan fingerprint density at radius 2 is 2.00 bits per heavy atom. The number of carbonyl (C=O) groups excluding carboxylic acids is 4. The number of nitrogens with zero attached hydrogens (tertiary/aromatic N) is 1. The molecule has 0 spiro atoms. The van der Waals surface area contributed by atoms with Crippen molar-refractivity contribution in [3.8, 4) is 11.5 Å². The van der Waals surface area contributed by atoms with Crippen LogP contribution in [-0.4, -0.2) is 69.7 Å². The number of carbonyl (C=O) groups is 4.